The molecule has 1 saturated heterocycles. The molecular formula is C29H48O3. The van der Waals surface area contributed by atoms with E-state index in [1.807, 2.05) is 0 Å². The van der Waals surface area contributed by atoms with Gasteiger partial charge in [-0.3, -0.25) is 4.79 Å². The monoisotopic (exact) mass is 444 g/mol. The van der Waals surface area contributed by atoms with Gasteiger partial charge in [-0.1, -0.05) is 48.0 Å². The summed E-state index contributed by atoms with van der Waals surface area (Å²) >= 11 is 0. The maximum Gasteiger partial charge on any atom is 0.136 e. The van der Waals surface area contributed by atoms with Gasteiger partial charge in [0, 0.05) is 12.3 Å². The molecule has 3 heteroatoms. The van der Waals surface area contributed by atoms with Crippen LogP contribution >= 0.6 is 0 Å². The fourth-order valence-electron chi connectivity index (χ4n) is 10.1. The normalized spacial score (nSPS) is 52.2. The van der Waals surface area contributed by atoms with E-state index < -0.39 is 0 Å². The average Bonchev–Trinajstić information content (AvgIpc) is 3.43. The third kappa shape index (κ3) is 3.38. The van der Waals surface area contributed by atoms with E-state index in [0.717, 1.165) is 31.6 Å². The first kappa shape index (κ1) is 23.3. The van der Waals surface area contributed by atoms with Crippen LogP contribution in [0.1, 0.15) is 99.3 Å². The Hall–Kier alpha value is -0.410. The molecule has 2 unspecified atom stereocenters. The summed E-state index contributed by atoms with van der Waals surface area (Å²) in [5.74, 6) is 5.29. The highest BCUT2D eigenvalue weighted by Gasteiger charge is 2.64. The van der Waals surface area contributed by atoms with Crippen LogP contribution in [0.4, 0.5) is 0 Å². The molecular weight excluding hydrogens is 396 g/mol. The van der Waals surface area contributed by atoms with Gasteiger partial charge in [0.05, 0.1) is 18.3 Å². The third-order valence-corrected chi connectivity index (χ3v) is 12.0. The Morgan fingerprint density at radius 3 is 2.38 bits per heavy atom. The summed E-state index contributed by atoms with van der Waals surface area (Å²) in [7, 11) is 0. The standard InChI is InChI=1S/C29H48O3/c1-7-19(16(2)3)27-26(32-27)17(4)21-8-9-22-20-15-25(31)24-14-18(30)10-12-29(24,6)23(20)11-13-28(21,22)5/h16-24,26-27,30H,7-15H2,1-6H3/t17-,18+,19-,20-,21+,22-,23-,24+,26?,27?,28+,29+/m0/s1. The molecule has 0 spiro atoms. The van der Waals surface area contributed by atoms with Gasteiger partial charge in [-0.15, -0.1) is 0 Å². The van der Waals surface area contributed by atoms with E-state index in [1.165, 1.54) is 32.1 Å². The van der Waals surface area contributed by atoms with E-state index in [9.17, 15) is 9.90 Å². The van der Waals surface area contributed by atoms with E-state index in [2.05, 4.69) is 41.5 Å². The summed E-state index contributed by atoms with van der Waals surface area (Å²) in [5.41, 5.74) is 0.495. The van der Waals surface area contributed by atoms with Gasteiger partial charge in [0.15, 0.2) is 0 Å². The predicted molar refractivity (Wildman–Crippen MR) is 128 cm³/mol. The molecule has 0 aromatic rings. The zero-order valence-corrected chi connectivity index (χ0v) is 21.5. The molecule has 32 heavy (non-hydrogen) atoms. The number of ether oxygens (including phenoxy) is 1. The highest BCUT2D eigenvalue weighted by Crippen LogP contribution is 2.68. The van der Waals surface area contributed by atoms with E-state index in [0.29, 0.717) is 58.9 Å². The molecule has 1 heterocycles. The predicted octanol–water partition coefficient (Wildman–Crippen LogP) is 6.27. The number of fused-ring (bicyclic) bond motifs is 5. The van der Waals surface area contributed by atoms with Crippen molar-refractivity contribution in [3.63, 3.8) is 0 Å². The Kier molecular flexibility index (Phi) is 5.89. The number of carbonyl (C=O) groups is 1. The Morgan fingerprint density at radius 1 is 1.00 bits per heavy atom. The molecule has 3 nitrogen and oxygen atoms in total. The molecule has 4 saturated carbocycles. The van der Waals surface area contributed by atoms with Gasteiger partial charge in [0.1, 0.15) is 5.78 Å². The van der Waals surface area contributed by atoms with Crippen molar-refractivity contribution in [2.75, 3.05) is 0 Å². The van der Waals surface area contributed by atoms with Gasteiger partial charge in [-0.05, 0) is 97.2 Å². The van der Waals surface area contributed by atoms with Crippen LogP contribution in [0.25, 0.3) is 0 Å². The number of rotatable bonds is 5. The van der Waals surface area contributed by atoms with Crippen LogP contribution in [0.15, 0.2) is 0 Å². The smallest absolute Gasteiger partial charge is 0.136 e. The van der Waals surface area contributed by atoms with Crippen LogP contribution in [0.5, 0.6) is 0 Å². The molecule has 1 N–H and O–H groups in total. The first-order chi connectivity index (χ1) is 15.1. The minimum atomic E-state index is -0.261. The van der Waals surface area contributed by atoms with Crippen LogP contribution in [0.2, 0.25) is 0 Å². The molecule has 5 rings (SSSR count). The summed E-state index contributed by atoms with van der Waals surface area (Å²) in [6, 6.07) is 0. The zero-order valence-electron chi connectivity index (χ0n) is 21.5. The van der Waals surface area contributed by atoms with Crippen LogP contribution in [-0.4, -0.2) is 29.2 Å². The van der Waals surface area contributed by atoms with Gasteiger partial charge in [0.25, 0.3) is 0 Å². The Morgan fingerprint density at radius 2 is 1.69 bits per heavy atom. The second-order valence-electron chi connectivity index (χ2n) is 13.5. The van der Waals surface area contributed by atoms with Crippen LogP contribution in [0.3, 0.4) is 0 Å². The van der Waals surface area contributed by atoms with E-state index in [4.69, 9.17) is 4.74 Å². The van der Waals surface area contributed by atoms with Crippen molar-refractivity contribution in [1.82, 2.24) is 0 Å². The molecule has 12 atom stereocenters. The number of aliphatic hydroxyl groups excluding tert-OH is 1. The Balaban J connectivity index is 1.34. The van der Waals surface area contributed by atoms with Crippen LogP contribution < -0.4 is 0 Å². The van der Waals surface area contributed by atoms with Crippen LogP contribution in [0, 0.1) is 58.2 Å². The fraction of sp³-hybridized carbons (Fsp3) is 0.966. The lowest BCUT2D eigenvalue weighted by atomic mass is 9.44. The fourth-order valence-corrected chi connectivity index (χ4v) is 10.1. The molecule has 0 aromatic heterocycles. The lowest BCUT2D eigenvalue weighted by Crippen LogP contribution is -2.57. The van der Waals surface area contributed by atoms with Crippen molar-refractivity contribution >= 4 is 5.78 Å². The second kappa shape index (κ2) is 8.08. The number of aliphatic hydroxyl groups is 1. The van der Waals surface area contributed by atoms with Crippen molar-refractivity contribution in [1.29, 1.82) is 0 Å². The molecule has 4 aliphatic carbocycles. The SMILES string of the molecule is CC[C@@H](C(C)C)C1OC1[C@@H](C)[C@H]1CC[C@H]2[C@@H]3CC(=O)[C@H]4C[C@H](O)CC[C@]4(C)[C@H]3CC[C@]12C. The van der Waals surface area contributed by atoms with E-state index in [1.54, 1.807) is 0 Å². The number of carbonyl (C=O) groups excluding carboxylic acids is 1. The summed E-state index contributed by atoms with van der Waals surface area (Å²) in [6.45, 7) is 14.5. The molecule has 182 valence electrons. The minimum Gasteiger partial charge on any atom is -0.393 e. The highest BCUT2D eigenvalue weighted by atomic mass is 16.6. The van der Waals surface area contributed by atoms with E-state index >= 15 is 0 Å². The quantitative estimate of drug-likeness (QED) is 0.508. The molecule has 0 bridgehead atoms. The maximum absolute atomic E-state index is 13.3. The number of hydrogen-bond donors (Lipinski definition) is 1. The van der Waals surface area contributed by atoms with Gasteiger partial charge in [0.2, 0.25) is 0 Å². The number of epoxide rings is 1. The summed E-state index contributed by atoms with van der Waals surface area (Å²) in [5, 5.41) is 10.3. The molecule has 1 aliphatic heterocycles. The minimum absolute atomic E-state index is 0.107. The first-order valence-corrected chi connectivity index (χ1v) is 14.0. The number of Topliss-reactive ketones (excluding diaryl/α,β-unsaturated/α-hetero) is 1. The third-order valence-electron chi connectivity index (χ3n) is 12.0. The van der Waals surface area contributed by atoms with Gasteiger partial charge >= 0.3 is 0 Å². The van der Waals surface area contributed by atoms with Crippen molar-refractivity contribution in [2.24, 2.45) is 58.2 Å². The average molecular weight is 445 g/mol. The molecule has 5 aliphatic rings. The first-order valence-electron chi connectivity index (χ1n) is 14.0. The molecule has 0 amide bonds. The largest absolute Gasteiger partial charge is 0.393 e. The Labute approximate surface area is 196 Å². The second-order valence-corrected chi connectivity index (χ2v) is 13.5. The lowest BCUT2D eigenvalue weighted by Gasteiger charge is -2.60. The molecule has 0 radical (unpaired) electrons. The summed E-state index contributed by atoms with van der Waals surface area (Å²) in [6.07, 6.45) is 10.6. The van der Waals surface area contributed by atoms with Gasteiger partial charge in [-0.2, -0.15) is 0 Å². The van der Waals surface area contributed by atoms with Gasteiger partial charge in [-0.25, -0.2) is 0 Å². The van der Waals surface area contributed by atoms with Crippen molar-refractivity contribution < 1.29 is 14.6 Å². The maximum atomic E-state index is 13.3. The zero-order chi connectivity index (χ0) is 23.0. The van der Waals surface area contributed by atoms with Gasteiger partial charge < -0.3 is 9.84 Å². The number of hydrogen-bond acceptors (Lipinski definition) is 3. The Bertz CT molecular complexity index is 732. The van der Waals surface area contributed by atoms with Crippen molar-refractivity contribution in [2.45, 2.75) is 118 Å². The number of ketones is 1. The van der Waals surface area contributed by atoms with Crippen molar-refractivity contribution in [3.05, 3.63) is 0 Å². The topological polar surface area (TPSA) is 49.8 Å². The summed E-state index contributed by atoms with van der Waals surface area (Å²) in [4.78, 5) is 13.3. The van der Waals surface area contributed by atoms with Crippen molar-refractivity contribution in [3.8, 4) is 0 Å². The highest BCUT2D eigenvalue weighted by molar-refractivity contribution is 5.83. The lowest BCUT2D eigenvalue weighted by molar-refractivity contribution is -0.160. The van der Waals surface area contributed by atoms with E-state index in [-0.39, 0.29) is 17.4 Å². The molecule has 5 fully saturated rings. The summed E-state index contributed by atoms with van der Waals surface area (Å²) < 4.78 is 6.37. The molecule has 0 aromatic carbocycles. The van der Waals surface area contributed by atoms with Crippen LogP contribution in [-0.2, 0) is 9.53 Å².